The van der Waals surface area contributed by atoms with Crippen molar-refractivity contribution in [2.24, 2.45) is 11.7 Å². The molecule has 112 valence electrons. The summed E-state index contributed by atoms with van der Waals surface area (Å²) in [5.74, 6) is 0.774. The predicted octanol–water partition coefficient (Wildman–Crippen LogP) is 1.44. The summed E-state index contributed by atoms with van der Waals surface area (Å²) in [6.45, 7) is 2.99. The van der Waals surface area contributed by atoms with Gasteiger partial charge in [-0.25, -0.2) is 8.42 Å². The molecule has 6 heteroatoms. The second-order valence-corrected chi connectivity index (χ2v) is 7.24. The number of piperidine rings is 1. The third kappa shape index (κ3) is 3.13. The van der Waals surface area contributed by atoms with Crippen LogP contribution in [0, 0.1) is 5.92 Å². The Morgan fingerprint density at radius 3 is 2.85 bits per heavy atom. The molecule has 2 atom stereocenters. The topological polar surface area (TPSA) is 72.6 Å². The molecule has 1 aliphatic rings. The van der Waals surface area contributed by atoms with Crippen molar-refractivity contribution in [3.8, 4) is 5.75 Å². The Morgan fingerprint density at radius 1 is 1.45 bits per heavy atom. The van der Waals surface area contributed by atoms with Gasteiger partial charge in [0.05, 0.1) is 12.0 Å². The van der Waals surface area contributed by atoms with Gasteiger partial charge in [-0.1, -0.05) is 6.07 Å². The van der Waals surface area contributed by atoms with Crippen molar-refractivity contribution >= 4 is 10.0 Å². The van der Waals surface area contributed by atoms with Crippen LogP contribution in [0.25, 0.3) is 0 Å². The summed E-state index contributed by atoms with van der Waals surface area (Å²) < 4.78 is 31.9. The minimum absolute atomic E-state index is 0.0123. The molecule has 2 unspecified atom stereocenters. The molecular formula is C14H22N2O3S. The van der Waals surface area contributed by atoms with Gasteiger partial charge < -0.3 is 10.5 Å². The van der Waals surface area contributed by atoms with E-state index in [9.17, 15) is 8.42 Å². The number of benzene rings is 1. The molecular weight excluding hydrogens is 276 g/mol. The van der Waals surface area contributed by atoms with Gasteiger partial charge in [-0.15, -0.1) is 0 Å². The number of methoxy groups -OCH3 is 1. The molecule has 0 amide bonds. The number of sulfonamides is 1. The smallest absolute Gasteiger partial charge is 0.243 e. The lowest BCUT2D eigenvalue weighted by Crippen LogP contribution is -2.44. The summed E-state index contributed by atoms with van der Waals surface area (Å²) in [5.41, 5.74) is 5.92. The number of nitrogens with zero attached hydrogens (tertiary/aromatic N) is 1. The van der Waals surface area contributed by atoms with Gasteiger partial charge in [0.25, 0.3) is 0 Å². The average molecular weight is 298 g/mol. The van der Waals surface area contributed by atoms with E-state index in [-0.39, 0.29) is 16.9 Å². The maximum atomic E-state index is 12.7. The van der Waals surface area contributed by atoms with Crippen molar-refractivity contribution in [1.82, 2.24) is 4.31 Å². The standard InChI is InChI=1S/C14H22N2O3S/c1-11(15)12-5-4-8-16(10-12)20(17,18)14-7-3-6-13(9-14)19-2/h3,6-7,9,11-12H,4-5,8,10,15H2,1-2H3. The van der Waals surface area contributed by atoms with Crippen molar-refractivity contribution in [3.05, 3.63) is 24.3 Å². The number of hydrogen-bond donors (Lipinski definition) is 1. The van der Waals surface area contributed by atoms with Gasteiger partial charge in [0.2, 0.25) is 10.0 Å². The summed E-state index contributed by atoms with van der Waals surface area (Å²) >= 11 is 0. The molecule has 1 saturated heterocycles. The molecule has 0 aliphatic carbocycles. The van der Waals surface area contributed by atoms with Crippen molar-refractivity contribution < 1.29 is 13.2 Å². The summed E-state index contributed by atoms with van der Waals surface area (Å²) in [6.07, 6.45) is 1.84. The normalized spacial score (nSPS) is 22.4. The molecule has 20 heavy (non-hydrogen) atoms. The van der Waals surface area contributed by atoms with E-state index in [1.807, 2.05) is 6.92 Å². The Kier molecular flexibility index (Phi) is 4.67. The van der Waals surface area contributed by atoms with E-state index in [4.69, 9.17) is 10.5 Å². The van der Waals surface area contributed by atoms with Crippen LogP contribution >= 0.6 is 0 Å². The number of hydrogen-bond acceptors (Lipinski definition) is 4. The highest BCUT2D eigenvalue weighted by atomic mass is 32.2. The molecule has 2 N–H and O–H groups in total. The fourth-order valence-electron chi connectivity index (χ4n) is 2.53. The fraction of sp³-hybridized carbons (Fsp3) is 0.571. The predicted molar refractivity (Wildman–Crippen MR) is 78.1 cm³/mol. The second-order valence-electron chi connectivity index (χ2n) is 5.30. The molecule has 1 aromatic carbocycles. The number of rotatable bonds is 4. The van der Waals surface area contributed by atoms with E-state index < -0.39 is 10.0 Å². The van der Waals surface area contributed by atoms with Crippen molar-refractivity contribution in [1.29, 1.82) is 0 Å². The Balaban J connectivity index is 2.25. The van der Waals surface area contributed by atoms with Crippen LogP contribution in [0.2, 0.25) is 0 Å². The summed E-state index contributed by atoms with van der Waals surface area (Å²) in [4.78, 5) is 0.280. The van der Waals surface area contributed by atoms with Crippen molar-refractivity contribution in [2.75, 3.05) is 20.2 Å². The lowest BCUT2D eigenvalue weighted by Gasteiger charge is -2.33. The molecule has 1 aromatic rings. The monoisotopic (exact) mass is 298 g/mol. The highest BCUT2D eigenvalue weighted by molar-refractivity contribution is 7.89. The van der Waals surface area contributed by atoms with Crippen molar-refractivity contribution in [2.45, 2.75) is 30.7 Å². The molecule has 0 radical (unpaired) electrons. The second kappa shape index (κ2) is 6.11. The minimum Gasteiger partial charge on any atom is -0.497 e. The summed E-state index contributed by atoms with van der Waals surface area (Å²) in [7, 11) is -1.94. The van der Waals surface area contributed by atoms with Crippen LogP contribution < -0.4 is 10.5 Å². The van der Waals surface area contributed by atoms with Gasteiger partial charge in [-0.2, -0.15) is 4.31 Å². The van der Waals surface area contributed by atoms with Gasteiger partial charge in [0.15, 0.2) is 0 Å². The van der Waals surface area contributed by atoms with Crippen LogP contribution in [0.3, 0.4) is 0 Å². The van der Waals surface area contributed by atoms with E-state index >= 15 is 0 Å². The van der Waals surface area contributed by atoms with Crippen LogP contribution in [0.15, 0.2) is 29.2 Å². The van der Waals surface area contributed by atoms with Crippen LogP contribution in [0.5, 0.6) is 5.75 Å². The molecule has 1 fully saturated rings. The first-order valence-corrected chi connectivity index (χ1v) is 8.29. The van der Waals surface area contributed by atoms with Gasteiger partial charge in [0, 0.05) is 25.2 Å². The highest BCUT2D eigenvalue weighted by Gasteiger charge is 2.31. The Hall–Kier alpha value is -1.11. The first-order valence-electron chi connectivity index (χ1n) is 6.85. The zero-order chi connectivity index (χ0) is 14.8. The van der Waals surface area contributed by atoms with Crippen molar-refractivity contribution in [3.63, 3.8) is 0 Å². The first-order chi connectivity index (χ1) is 9.45. The van der Waals surface area contributed by atoms with Gasteiger partial charge in [0.1, 0.15) is 5.75 Å². The maximum Gasteiger partial charge on any atom is 0.243 e. The van der Waals surface area contributed by atoms with Crippen LogP contribution in [0.1, 0.15) is 19.8 Å². The first kappa shape index (κ1) is 15.3. The molecule has 0 bridgehead atoms. The lowest BCUT2D eigenvalue weighted by molar-refractivity contribution is 0.243. The quantitative estimate of drug-likeness (QED) is 0.913. The summed E-state index contributed by atoms with van der Waals surface area (Å²) in [6, 6.07) is 6.61. The zero-order valence-electron chi connectivity index (χ0n) is 12.0. The third-order valence-electron chi connectivity index (χ3n) is 3.84. The largest absolute Gasteiger partial charge is 0.497 e. The minimum atomic E-state index is -3.46. The molecule has 0 saturated carbocycles. The summed E-state index contributed by atoms with van der Waals surface area (Å²) in [5, 5.41) is 0. The molecule has 1 heterocycles. The Bertz CT molecular complexity index is 557. The molecule has 0 aromatic heterocycles. The van der Waals surface area contributed by atoms with Crippen LogP contribution in [0.4, 0.5) is 0 Å². The van der Waals surface area contributed by atoms with E-state index in [0.717, 1.165) is 12.8 Å². The SMILES string of the molecule is COc1cccc(S(=O)(=O)N2CCCC(C(C)N)C2)c1. The Labute approximate surface area is 120 Å². The average Bonchev–Trinajstić information content (AvgIpc) is 2.47. The number of nitrogens with two attached hydrogens (primary N) is 1. The van der Waals surface area contributed by atoms with Gasteiger partial charge in [-0.05, 0) is 37.8 Å². The Morgan fingerprint density at radius 2 is 2.20 bits per heavy atom. The van der Waals surface area contributed by atoms with Crippen LogP contribution in [-0.4, -0.2) is 39.0 Å². The molecule has 5 nitrogen and oxygen atoms in total. The van der Waals surface area contributed by atoms with Gasteiger partial charge >= 0.3 is 0 Å². The van der Waals surface area contributed by atoms with E-state index in [1.54, 1.807) is 28.6 Å². The van der Waals surface area contributed by atoms with Crippen LogP contribution in [-0.2, 0) is 10.0 Å². The molecule has 2 rings (SSSR count). The third-order valence-corrected chi connectivity index (χ3v) is 5.70. The van der Waals surface area contributed by atoms with E-state index in [1.165, 1.54) is 7.11 Å². The zero-order valence-corrected chi connectivity index (χ0v) is 12.8. The maximum absolute atomic E-state index is 12.7. The molecule has 0 spiro atoms. The molecule has 1 aliphatic heterocycles. The highest BCUT2D eigenvalue weighted by Crippen LogP contribution is 2.26. The van der Waals surface area contributed by atoms with E-state index in [2.05, 4.69) is 0 Å². The fourth-order valence-corrected chi connectivity index (χ4v) is 4.10. The van der Waals surface area contributed by atoms with Gasteiger partial charge in [-0.3, -0.25) is 0 Å². The van der Waals surface area contributed by atoms with E-state index in [0.29, 0.717) is 18.8 Å². The number of ether oxygens (including phenoxy) is 1. The lowest BCUT2D eigenvalue weighted by atomic mass is 9.93.